The van der Waals surface area contributed by atoms with Crippen molar-refractivity contribution < 1.29 is 13.5 Å². The van der Waals surface area contributed by atoms with Gasteiger partial charge < -0.3 is 9.15 Å². The van der Waals surface area contributed by atoms with E-state index in [2.05, 4.69) is 15.2 Å². The Morgan fingerprint density at radius 1 is 1.12 bits per heavy atom. The van der Waals surface area contributed by atoms with Crippen LogP contribution in [0.3, 0.4) is 0 Å². The Balaban J connectivity index is 1.58. The lowest BCUT2D eigenvalue weighted by atomic mass is 9.88. The molecule has 0 amide bonds. The summed E-state index contributed by atoms with van der Waals surface area (Å²) in [6, 6.07) is 9.28. The monoisotopic (exact) mass is 327 g/mol. The summed E-state index contributed by atoms with van der Waals surface area (Å²) < 4.78 is 25.7. The number of aromatic nitrogens is 3. The Morgan fingerprint density at radius 2 is 1.88 bits per heavy atom. The van der Waals surface area contributed by atoms with Crippen LogP contribution < -0.4 is 0 Å². The number of halogens is 1. The van der Waals surface area contributed by atoms with E-state index >= 15 is 0 Å². The SMILES string of the molecule is Cc1cc(-c2nc(-c3ccc(C4(F)CCOCC4)cc3)co2)n[nH]1. The molecule has 1 saturated heterocycles. The molecule has 5 nitrogen and oxygen atoms in total. The number of oxazole rings is 1. The van der Waals surface area contributed by atoms with Crippen molar-refractivity contribution in [2.75, 3.05) is 13.2 Å². The fourth-order valence-electron chi connectivity index (χ4n) is 2.97. The molecule has 0 spiro atoms. The van der Waals surface area contributed by atoms with Crippen molar-refractivity contribution in [1.82, 2.24) is 15.2 Å². The minimum absolute atomic E-state index is 0.402. The lowest BCUT2D eigenvalue weighted by molar-refractivity contribution is -0.0114. The molecule has 1 N–H and O–H groups in total. The molecule has 2 aromatic heterocycles. The maximum absolute atomic E-state index is 14.9. The Labute approximate surface area is 138 Å². The van der Waals surface area contributed by atoms with Gasteiger partial charge in [-0.25, -0.2) is 9.37 Å². The molecule has 124 valence electrons. The van der Waals surface area contributed by atoms with E-state index in [1.807, 2.05) is 37.3 Å². The zero-order chi connectivity index (χ0) is 16.6. The molecule has 3 aromatic rings. The van der Waals surface area contributed by atoms with E-state index in [9.17, 15) is 4.39 Å². The van der Waals surface area contributed by atoms with Gasteiger partial charge in [-0.3, -0.25) is 5.10 Å². The Hall–Kier alpha value is -2.47. The lowest BCUT2D eigenvalue weighted by Gasteiger charge is -2.29. The zero-order valence-electron chi connectivity index (χ0n) is 13.4. The summed E-state index contributed by atoms with van der Waals surface area (Å²) in [5.74, 6) is 0.463. The third kappa shape index (κ3) is 2.73. The molecule has 0 aliphatic carbocycles. The first-order chi connectivity index (χ1) is 11.6. The highest BCUT2D eigenvalue weighted by atomic mass is 19.1. The number of H-pyrrole nitrogens is 1. The summed E-state index contributed by atoms with van der Waals surface area (Å²) >= 11 is 0. The van der Waals surface area contributed by atoms with E-state index in [-0.39, 0.29) is 0 Å². The van der Waals surface area contributed by atoms with Gasteiger partial charge >= 0.3 is 0 Å². The van der Waals surface area contributed by atoms with Crippen LogP contribution in [0.1, 0.15) is 24.1 Å². The number of benzene rings is 1. The highest BCUT2D eigenvalue weighted by molar-refractivity contribution is 5.61. The molecular formula is C18H18FN3O2. The molecule has 0 saturated carbocycles. The lowest BCUT2D eigenvalue weighted by Crippen LogP contribution is -2.29. The van der Waals surface area contributed by atoms with Gasteiger partial charge in [-0.05, 0) is 18.6 Å². The second kappa shape index (κ2) is 5.87. The topological polar surface area (TPSA) is 63.9 Å². The van der Waals surface area contributed by atoms with E-state index in [1.165, 1.54) is 0 Å². The average molecular weight is 327 g/mol. The van der Waals surface area contributed by atoms with Crippen LogP contribution >= 0.6 is 0 Å². The first kappa shape index (κ1) is 15.1. The van der Waals surface area contributed by atoms with Gasteiger partial charge in [0.25, 0.3) is 0 Å². The minimum atomic E-state index is -1.29. The highest BCUT2D eigenvalue weighted by Crippen LogP contribution is 2.37. The van der Waals surface area contributed by atoms with Crippen molar-refractivity contribution in [3.63, 3.8) is 0 Å². The molecule has 4 rings (SSSR count). The first-order valence-electron chi connectivity index (χ1n) is 8.00. The molecule has 0 atom stereocenters. The summed E-state index contributed by atoms with van der Waals surface area (Å²) in [6.07, 6.45) is 2.39. The van der Waals surface area contributed by atoms with E-state index < -0.39 is 5.67 Å². The van der Waals surface area contributed by atoms with Gasteiger partial charge in [0.15, 0.2) is 0 Å². The van der Waals surface area contributed by atoms with Gasteiger partial charge in [-0.1, -0.05) is 24.3 Å². The van der Waals surface area contributed by atoms with E-state index in [1.54, 1.807) is 6.26 Å². The Morgan fingerprint density at radius 3 is 2.54 bits per heavy atom. The maximum Gasteiger partial charge on any atom is 0.247 e. The molecule has 1 aromatic carbocycles. The Kier molecular flexibility index (Phi) is 3.69. The van der Waals surface area contributed by atoms with Crippen molar-refractivity contribution in [3.05, 3.63) is 47.9 Å². The summed E-state index contributed by atoms with van der Waals surface area (Å²) in [5.41, 5.74) is 2.60. The number of hydrogen-bond acceptors (Lipinski definition) is 4. The van der Waals surface area contributed by atoms with Crippen molar-refractivity contribution in [3.8, 4) is 22.8 Å². The summed E-state index contributed by atoms with van der Waals surface area (Å²) in [5, 5.41) is 7.00. The molecule has 0 bridgehead atoms. The molecule has 0 unspecified atom stereocenters. The molecule has 1 aliphatic rings. The molecule has 6 heteroatoms. The number of nitrogens with one attached hydrogen (secondary N) is 1. The fourth-order valence-corrected chi connectivity index (χ4v) is 2.97. The third-order valence-corrected chi connectivity index (χ3v) is 4.41. The van der Waals surface area contributed by atoms with Crippen LogP contribution in [-0.2, 0) is 10.4 Å². The normalized spacial score (nSPS) is 17.1. The number of aryl methyl sites for hydroxylation is 1. The van der Waals surface area contributed by atoms with Crippen LogP contribution in [-0.4, -0.2) is 28.4 Å². The van der Waals surface area contributed by atoms with Crippen molar-refractivity contribution in [2.24, 2.45) is 0 Å². The molecule has 3 heterocycles. The molecular weight excluding hydrogens is 309 g/mol. The van der Waals surface area contributed by atoms with Gasteiger partial charge in [0.05, 0.1) is 0 Å². The highest BCUT2D eigenvalue weighted by Gasteiger charge is 2.34. The minimum Gasteiger partial charge on any atom is -0.443 e. The van der Waals surface area contributed by atoms with Gasteiger partial charge in [0.1, 0.15) is 23.3 Å². The number of alkyl halides is 1. The second-order valence-corrected chi connectivity index (χ2v) is 6.13. The number of ether oxygens (including phenoxy) is 1. The van der Waals surface area contributed by atoms with Crippen LogP contribution in [0.4, 0.5) is 4.39 Å². The smallest absolute Gasteiger partial charge is 0.247 e. The van der Waals surface area contributed by atoms with Crippen molar-refractivity contribution in [2.45, 2.75) is 25.4 Å². The number of rotatable bonds is 3. The molecule has 1 fully saturated rings. The number of nitrogens with zero attached hydrogens (tertiary/aromatic N) is 2. The van der Waals surface area contributed by atoms with E-state index in [0.717, 1.165) is 11.3 Å². The largest absolute Gasteiger partial charge is 0.443 e. The van der Waals surface area contributed by atoms with Crippen molar-refractivity contribution >= 4 is 0 Å². The van der Waals surface area contributed by atoms with Crippen LogP contribution in [0.2, 0.25) is 0 Å². The van der Waals surface area contributed by atoms with Crippen LogP contribution in [0.15, 0.2) is 41.0 Å². The van der Waals surface area contributed by atoms with Gasteiger partial charge in [-0.15, -0.1) is 0 Å². The number of aromatic amines is 1. The van der Waals surface area contributed by atoms with E-state index in [0.29, 0.717) is 48.9 Å². The predicted octanol–water partition coefficient (Wildman–Crippen LogP) is 4.02. The summed E-state index contributed by atoms with van der Waals surface area (Å²) in [7, 11) is 0. The van der Waals surface area contributed by atoms with Gasteiger partial charge in [-0.2, -0.15) is 5.10 Å². The fraction of sp³-hybridized carbons (Fsp3) is 0.333. The molecule has 1 aliphatic heterocycles. The first-order valence-corrected chi connectivity index (χ1v) is 8.00. The van der Waals surface area contributed by atoms with Gasteiger partial charge in [0, 0.05) is 37.3 Å². The molecule has 0 radical (unpaired) electrons. The Bertz CT molecular complexity index is 832. The summed E-state index contributed by atoms with van der Waals surface area (Å²) in [4.78, 5) is 4.46. The standard InChI is InChI=1S/C18H18FN3O2/c1-12-10-15(22-21-12)17-20-16(11-24-17)13-2-4-14(5-3-13)18(19)6-8-23-9-7-18/h2-5,10-11H,6-9H2,1H3,(H,21,22). The van der Waals surface area contributed by atoms with Crippen molar-refractivity contribution in [1.29, 1.82) is 0 Å². The zero-order valence-corrected chi connectivity index (χ0v) is 13.4. The summed E-state index contributed by atoms with van der Waals surface area (Å²) in [6.45, 7) is 2.85. The van der Waals surface area contributed by atoms with Crippen LogP contribution in [0.25, 0.3) is 22.8 Å². The third-order valence-electron chi connectivity index (χ3n) is 4.41. The quantitative estimate of drug-likeness (QED) is 0.789. The predicted molar refractivity (Wildman–Crippen MR) is 87.1 cm³/mol. The van der Waals surface area contributed by atoms with Gasteiger partial charge in [0.2, 0.25) is 5.89 Å². The molecule has 24 heavy (non-hydrogen) atoms. The van der Waals surface area contributed by atoms with E-state index in [4.69, 9.17) is 9.15 Å². The average Bonchev–Trinajstić information content (AvgIpc) is 3.25. The maximum atomic E-state index is 14.9. The van der Waals surface area contributed by atoms with Crippen LogP contribution in [0.5, 0.6) is 0 Å². The second-order valence-electron chi connectivity index (χ2n) is 6.13. The number of hydrogen-bond donors (Lipinski definition) is 1. The van der Waals surface area contributed by atoms with Crippen LogP contribution in [0, 0.1) is 6.92 Å².